The Labute approximate surface area is 172 Å². The third-order valence-corrected chi connectivity index (χ3v) is 4.02. The van der Waals surface area contributed by atoms with E-state index in [0.717, 1.165) is 0 Å². The van der Waals surface area contributed by atoms with Crippen LogP contribution in [-0.4, -0.2) is 47.7 Å². The van der Waals surface area contributed by atoms with Gasteiger partial charge in [0, 0.05) is 36.3 Å². The van der Waals surface area contributed by atoms with Crippen LogP contribution in [0.4, 0.5) is 10.6 Å². The van der Waals surface area contributed by atoms with Gasteiger partial charge in [-0.2, -0.15) is 0 Å². The van der Waals surface area contributed by atoms with Gasteiger partial charge in [-0.05, 0) is 26.8 Å². The molecule has 0 radical (unpaired) electrons. The molecule has 9 nitrogen and oxygen atoms in total. The van der Waals surface area contributed by atoms with Crippen molar-refractivity contribution < 1.29 is 23.9 Å². The molecule has 0 fully saturated rings. The number of carbonyl (C=O) groups excluding carboxylic acids is 3. The Balaban J connectivity index is 2.53. The molecular weight excluding hydrogens is 400 g/mol. The Morgan fingerprint density at radius 2 is 1.72 bits per heavy atom. The Kier molecular flexibility index (Phi) is 7.90. The molecule has 0 bridgehead atoms. The molecule has 29 heavy (non-hydrogen) atoms. The molecule has 0 saturated carbocycles. The lowest BCUT2D eigenvalue weighted by Gasteiger charge is -2.14. The molecule has 0 saturated heterocycles. The SMILES string of the molecule is CCNC(=O)Nc1ncc(-c2cncc(C(=O)OCC)c2)c(Cl)c1C(=O)OCC. The quantitative estimate of drug-likeness (QED) is 0.659. The van der Waals surface area contributed by atoms with Crippen LogP contribution >= 0.6 is 11.6 Å². The number of hydrogen-bond donors (Lipinski definition) is 2. The van der Waals surface area contributed by atoms with Crippen LogP contribution in [0.5, 0.6) is 0 Å². The topological polar surface area (TPSA) is 120 Å². The molecule has 0 unspecified atom stereocenters. The predicted octanol–water partition coefficient (Wildman–Crippen LogP) is 3.29. The number of esters is 2. The molecule has 0 aliphatic carbocycles. The van der Waals surface area contributed by atoms with E-state index >= 15 is 0 Å². The molecule has 0 atom stereocenters. The number of aromatic nitrogens is 2. The van der Waals surface area contributed by atoms with Gasteiger partial charge in [-0.1, -0.05) is 11.6 Å². The summed E-state index contributed by atoms with van der Waals surface area (Å²) >= 11 is 6.48. The zero-order valence-electron chi connectivity index (χ0n) is 16.2. The van der Waals surface area contributed by atoms with Crippen LogP contribution in [0.3, 0.4) is 0 Å². The highest BCUT2D eigenvalue weighted by molar-refractivity contribution is 6.37. The smallest absolute Gasteiger partial charge is 0.343 e. The monoisotopic (exact) mass is 420 g/mol. The minimum absolute atomic E-state index is 0.00746. The van der Waals surface area contributed by atoms with Crippen molar-refractivity contribution in [3.63, 3.8) is 0 Å². The fourth-order valence-electron chi connectivity index (χ4n) is 2.40. The molecular formula is C19H21ClN4O5. The van der Waals surface area contributed by atoms with Crippen LogP contribution in [0, 0.1) is 0 Å². The van der Waals surface area contributed by atoms with Crippen molar-refractivity contribution in [1.29, 1.82) is 0 Å². The van der Waals surface area contributed by atoms with Gasteiger partial charge in [0.25, 0.3) is 0 Å². The van der Waals surface area contributed by atoms with Crippen LogP contribution in [0.2, 0.25) is 5.02 Å². The van der Waals surface area contributed by atoms with Crippen LogP contribution in [0.1, 0.15) is 41.5 Å². The number of nitrogens with one attached hydrogen (secondary N) is 2. The Bertz CT molecular complexity index is 919. The molecule has 0 aromatic carbocycles. The molecule has 2 amide bonds. The number of carbonyl (C=O) groups is 3. The predicted molar refractivity (Wildman–Crippen MR) is 107 cm³/mol. The first-order valence-corrected chi connectivity index (χ1v) is 9.33. The minimum Gasteiger partial charge on any atom is -0.462 e. The number of pyridine rings is 2. The van der Waals surface area contributed by atoms with Crippen molar-refractivity contribution >= 4 is 35.4 Å². The standard InChI is InChI=1S/C19H21ClN4O5/c1-4-22-19(27)24-16-14(18(26)29-6-3)15(20)13(10-23-16)11-7-12(9-21-8-11)17(25)28-5-2/h7-10H,4-6H2,1-3H3,(H2,22,23,24,27). The zero-order chi connectivity index (χ0) is 21.4. The van der Waals surface area contributed by atoms with Crippen molar-refractivity contribution in [3.05, 3.63) is 40.8 Å². The van der Waals surface area contributed by atoms with Crippen molar-refractivity contribution in [1.82, 2.24) is 15.3 Å². The largest absolute Gasteiger partial charge is 0.462 e. The number of amides is 2. The molecule has 2 heterocycles. The van der Waals surface area contributed by atoms with Gasteiger partial charge in [-0.15, -0.1) is 0 Å². The number of halogens is 1. The number of hydrogen-bond acceptors (Lipinski definition) is 7. The normalized spacial score (nSPS) is 10.2. The summed E-state index contributed by atoms with van der Waals surface area (Å²) in [5.41, 5.74) is 0.916. The summed E-state index contributed by atoms with van der Waals surface area (Å²) in [4.78, 5) is 44.5. The minimum atomic E-state index is -0.742. The van der Waals surface area contributed by atoms with Crippen LogP contribution in [-0.2, 0) is 9.47 Å². The second kappa shape index (κ2) is 10.4. The van der Waals surface area contributed by atoms with Gasteiger partial charge in [-0.25, -0.2) is 19.4 Å². The highest BCUT2D eigenvalue weighted by Crippen LogP contribution is 2.34. The van der Waals surface area contributed by atoms with Gasteiger partial charge in [0.1, 0.15) is 11.4 Å². The molecule has 0 aliphatic heterocycles. The van der Waals surface area contributed by atoms with E-state index < -0.39 is 18.0 Å². The van der Waals surface area contributed by atoms with Gasteiger partial charge in [0.2, 0.25) is 0 Å². The van der Waals surface area contributed by atoms with Crippen molar-refractivity contribution in [2.75, 3.05) is 25.1 Å². The third-order valence-electron chi connectivity index (χ3n) is 3.62. The first-order valence-electron chi connectivity index (χ1n) is 8.95. The van der Waals surface area contributed by atoms with Crippen molar-refractivity contribution in [3.8, 4) is 11.1 Å². The Morgan fingerprint density at radius 3 is 2.38 bits per heavy atom. The summed E-state index contributed by atoms with van der Waals surface area (Å²) in [7, 11) is 0. The van der Waals surface area contributed by atoms with Crippen LogP contribution in [0.15, 0.2) is 24.7 Å². The van der Waals surface area contributed by atoms with E-state index in [1.54, 1.807) is 20.8 Å². The van der Waals surface area contributed by atoms with Gasteiger partial charge < -0.3 is 14.8 Å². The maximum atomic E-state index is 12.5. The maximum Gasteiger partial charge on any atom is 0.343 e. The molecule has 10 heteroatoms. The van der Waals surface area contributed by atoms with E-state index in [4.69, 9.17) is 21.1 Å². The second-order valence-corrected chi connectivity index (χ2v) is 5.98. The molecule has 2 N–H and O–H groups in total. The summed E-state index contributed by atoms with van der Waals surface area (Å²) in [5, 5.41) is 5.03. The van der Waals surface area contributed by atoms with Crippen LogP contribution < -0.4 is 10.6 Å². The molecule has 2 aromatic heterocycles. The van der Waals surface area contributed by atoms with Gasteiger partial charge in [-0.3, -0.25) is 10.3 Å². The summed E-state index contributed by atoms with van der Waals surface area (Å²) in [6, 6.07) is 0.986. The number of nitrogens with zero attached hydrogens (tertiary/aromatic N) is 2. The van der Waals surface area contributed by atoms with Crippen molar-refractivity contribution in [2.24, 2.45) is 0 Å². The Morgan fingerprint density at radius 1 is 1.03 bits per heavy atom. The molecule has 2 rings (SSSR count). The van der Waals surface area contributed by atoms with E-state index in [0.29, 0.717) is 17.7 Å². The highest BCUT2D eigenvalue weighted by atomic mass is 35.5. The number of urea groups is 1. The zero-order valence-corrected chi connectivity index (χ0v) is 17.0. The molecule has 2 aromatic rings. The van der Waals surface area contributed by atoms with E-state index in [2.05, 4.69) is 20.6 Å². The fraction of sp³-hybridized carbons (Fsp3) is 0.316. The Hall–Kier alpha value is -3.20. The van der Waals surface area contributed by atoms with E-state index in [1.807, 2.05) is 0 Å². The summed E-state index contributed by atoms with van der Waals surface area (Å²) in [6.45, 7) is 5.81. The molecule has 0 aliphatic rings. The third kappa shape index (κ3) is 5.41. The maximum absolute atomic E-state index is 12.5. The second-order valence-electron chi connectivity index (χ2n) is 5.60. The number of ether oxygens (including phenoxy) is 2. The lowest BCUT2D eigenvalue weighted by Crippen LogP contribution is -2.29. The average molecular weight is 421 g/mol. The molecule has 154 valence electrons. The molecule has 0 spiro atoms. The lowest BCUT2D eigenvalue weighted by molar-refractivity contribution is 0.0516. The van der Waals surface area contributed by atoms with Crippen molar-refractivity contribution in [2.45, 2.75) is 20.8 Å². The van der Waals surface area contributed by atoms with E-state index in [-0.39, 0.29) is 35.2 Å². The highest BCUT2D eigenvalue weighted by Gasteiger charge is 2.24. The summed E-state index contributed by atoms with van der Waals surface area (Å²) < 4.78 is 10.0. The van der Waals surface area contributed by atoms with Gasteiger partial charge in [0.05, 0.1) is 23.8 Å². The number of rotatable bonds is 7. The lowest BCUT2D eigenvalue weighted by atomic mass is 10.1. The summed E-state index contributed by atoms with van der Waals surface area (Å²) in [6.07, 6.45) is 4.20. The van der Waals surface area contributed by atoms with E-state index in [1.165, 1.54) is 24.7 Å². The van der Waals surface area contributed by atoms with Gasteiger partial charge in [0.15, 0.2) is 0 Å². The van der Waals surface area contributed by atoms with Gasteiger partial charge >= 0.3 is 18.0 Å². The average Bonchev–Trinajstić information content (AvgIpc) is 2.69. The first-order chi connectivity index (χ1) is 13.9. The number of anilines is 1. The van der Waals surface area contributed by atoms with E-state index in [9.17, 15) is 14.4 Å². The summed E-state index contributed by atoms with van der Waals surface area (Å²) in [5.74, 6) is -1.32. The fourth-order valence-corrected chi connectivity index (χ4v) is 2.72. The first kappa shape index (κ1) is 22.1. The van der Waals surface area contributed by atoms with Crippen LogP contribution in [0.25, 0.3) is 11.1 Å².